The third kappa shape index (κ3) is 7.81. The zero-order valence-corrected chi connectivity index (χ0v) is 22.6. The standard InChI is InChI=1S/C23H28Cl2N4O6S/c1-5-15(2)26-23(31)16(3)27(13-17-9-10-18(24)11-21(17)25)22(30)14-28(36(4,34)35)19-7-6-8-20(12-19)29(32)33/h6-12,15-16H,5,13-14H2,1-4H3,(H,26,31)/t15-,16+/m1/s1. The molecular formula is C23H28Cl2N4O6S. The van der Waals surface area contributed by atoms with Gasteiger partial charge in [-0.15, -0.1) is 0 Å². The fraction of sp³-hybridized carbons (Fsp3) is 0.391. The van der Waals surface area contributed by atoms with Crippen molar-refractivity contribution < 1.29 is 22.9 Å². The van der Waals surface area contributed by atoms with E-state index in [4.69, 9.17) is 23.2 Å². The molecule has 13 heteroatoms. The fourth-order valence-corrected chi connectivity index (χ4v) is 4.57. The van der Waals surface area contributed by atoms with Crippen molar-refractivity contribution >= 4 is 56.4 Å². The molecule has 0 unspecified atom stereocenters. The van der Waals surface area contributed by atoms with Gasteiger partial charge in [-0.3, -0.25) is 24.0 Å². The van der Waals surface area contributed by atoms with Gasteiger partial charge in [0.1, 0.15) is 12.6 Å². The molecule has 0 spiro atoms. The molecule has 2 aromatic carbocycles. The fourth-order valence-electron chi connectivity index (χ4n) is 3.26. The third-order valence-corrected chi connectivity index (χ3v) is 7.26. The second kappa shape index (κ2) is 12.4. The molecule has 0 aromatic heterocycles. The lowest BCUT2D eigenvalue weighted by atomic mass is 10.1. The normalized spacial score (nSPS) is 12.9. The number of carbonyl (C=O) groups excluding carboxylic acids is 2. The van der Waals surface area contributed by atoms with E-state index in [9.17, 15) is 28.1 Å². The molecule has 2 amide bonds. The lowest BCUT2D eigenvalue weighted by Crippen LogP contribution is -2.52. The number of nitrogens with zero attached hydrogens (tertiary/aromatic N) is 3. The van der Waals surface area contributed by atoms with Crippen LogP contribution in [0.25, 0.3) is 0 Å². The van der Waals surface area contributed by atoms with Crippen molar-refractivity contribution in [2.24, 2.45) is 0 Å². The largest absolute Gasteiger partial charge is 0.352 e. The molecule has 36 heavy (non-hydrogen) atoms. The van der Waals surface area contributed by atoms with E-state index < -0.39 is 39.3 Å². The van der Waals surface area contributed by atoms with Gasteiger partial charge >= 0.3 is 0 Å². The monoisotopic (exact) mass is 558 g/mol. The first kappa shape index (κ1) is 29.3. The number of non-ortho nitro benzene ring substituents is 1. The summed E-state index contributed by atoms with van der Waals surface area (Å²) in [6.45, 7) is 4.45. The van der Waals surface area contributed by atoms with E-state index in [0.29, 0.717) is 17.0 Å². The number of anilines is 1. The van der Waals surface area contributed by atoms with E-state index >= 15 is 0 Å². The van der Waals surface area contributed by atoms with E-state index in [1.165, 1.54) is 36.1 Å². The molecule has 2 aromatic rings. The van der Waals surface area contributed by atoms with Crippen molar-refractivity contribution in [1.82, 2.24) is 10.2 Å². The topological polar surface area (TPSA) is 130 Å². The van der Waals surface area contributed by atoms with Crippen LogP contribution >= 0.6 is 23.2 Å². The van der Waals surface area contributed by atoms with Crippen LogP contribution in [0.15, 0.2) is 42.5 Å². The summed E-state index contributed by atoms with van der Waals surface area (Å²) in [4.78, 5) is 38.1. The van der Waals surface area contributed by atoms with Crippen LogP contribution in [0.2, 0.25) is 10.0 Å². The molecule has 0 fully saturated rings. The number of sulfonamides is 1. The molecule has 0 aliphatic heterocycles. The van der Waals surface area contributed by atoms with Crippen molar-refractivity contribution in [3.05, 3.63) is 68.2 Å². The molecular weight excluding hydrogens is 531 g/mol. The number of nitro benzene ring substituents is 1. The van der Waals surface area contributed by atoms with Gasteiger partial charge in [0.15, 0.2) is 0 Å². The molecule has 0 saturated carbocycles. The van der Waals surface area contributed by atoms with E-state index in [1.807, 2.05) is 13.8 Å². The minimum absolute atomic E-state index is 0.0544. The Morgan fingerprint density at radius 2 is 1.81 bits per heavy atom. The smallest absolute Gasteiger partial charge is 0.271 e. The van der Waals surface area contributed by atoms with Crippen LogP contribution < -0.4 is 9.62 Å². The Morgan fingerprint density at radius 1 is 1.14 bits per heavy atom. The van der Waals surface area contributed by atoms with Crippen LogP contribution in [0.3, 0.4) is 0 Å². The molecule has 10 nitrogen and oxygen atoms in total. The van der Waals surface area contributed by atoms with Crippen LogP contribution in [0.4, 0.5) is 11.4 Å². The van der Waals surface area contributed by atoms with Gasteiger partial charge in [0.25, 0.3) is 5.69 Å². The zero-order chi connectivity index (χ0) is 27.2. The average molecular weight is 559 g/mol. The molecule has 0 bridgehead atoms. The number of hydrogen-bond acceptors (Lipinski definition) is 6. The van der Waals surface area contributed by atoms with E-state index in [0.717, 1.165) is 16.6 Å². The van der Waals surface area contributed by atoms with Gasteiger partial charge in [-0.05, 0) is 44.0 Å². The number of amides is 2. The molecule has 0 aliphatic carbocycles. The summed E-state index contributed by atoms with van der Waals surface area (Å²) in [5.74, 6) is -1.13. The molecule has 196 valence electrons. The summed E-state index contributed by atoms with van der Waals surface area (Å²) in [5.41, 5.74) is 0.111. The molecule has 0 heterocycles. The average Bonchev–Trinajstić information content (AvgIpc) is 2.80. The number of hydrogen-bond donors (Lipinski definition) is 1. The SMILES string of the molecule is CC[C@@H](C)NC(=O)[C@H](C)N(Cc1ccc(Cl)cc1Cl)C(=O)CN(c1cccc([N+](=O)[O-])c1)S(C)(=O)=O. The molecule has 0 aliphatic rings. The van der Waals surface area contributed by atoms with Crippen molar-refractivity contribution in [3.63, 3.8) is 0 Å². The van der Waals surface area contributed by atoms with Gasteiger partial charge in [-0.25, -0.2) is 8.42 Å². The zero-order valence-electron chi connectivity index (χ0n) is 20.3. The number of rotatable bonds is 11. The molecule has 1 N–H and O–H groups in total. The van der Waals surface area contributed by atoms with E-state index in [-0.39, 0.29) is 29.0 Å². The number of carbonyl (C=O) groups is 2. The van der Waals surface area contributed by atoms with Gasteiger partial charge in [0, 0.05) is 34.8 Å². The van der Waals surface area contributed by atoms with E-state index in [1.54, 1.807) is 12.1 Å². The summed E-state index contributed by atoms with van der Waals surface area (Å²) >= 11 is 12.3. The number of nitrogens with one attached hydrogen (secondary N) is 1. The Bertz CT molecular complexity index is 1240. The van der Waals surface area contributed by atoms with Gasteiger partial charge in [0.2, 0.25) is 21.8 Å². The number of nitro groups is 1. The van der Waals surface area contributed by atoms with Crippen molar-refractivity contribution in [3.8, 4) is 0 Å². The summed E-state index contributed by atoms with van der Waals surface area (Å²) in [5, 5.41) is 14.7. The second-order valence-corrected chi connectivity index (χ2v) is 11.0. The molecule has 2 atom stereocenters. The Labute approximate surface area is 220 Å². The predicted molar refractivity (Wildman–Crippen MR) is 140 cm³/mol. The Hall–Kier alpha value is -2.89. The molecule has 2 rings (SSSR count). The van der Waals surface area contributed by atoms with Gasteiger partial charge in [0.05, 0.1) is 16.9 Å². The van der Waals surface area contributed by atoms with Gasteiger partial charge in [-0.2, -0.15) is 0 Å². The molecule has 0 radical (unpaired) electrons. The third-order valence-electron chi connectivity index (χ3n) is 5.53. The van der Waals surface area contributed by atoms with E-state index in [2.05, 4.69) is 5.32 Å². The minimum atomic E-state index is -4.03. The Balaban J connectivity index is 2.46. The maximum absolute atomic E-state index is 13.5. The highest BCUT2D eigenvalue weighted by molar-refractivity contribution is 7.92. The lowest BCUT2D eigenvalue weighted by Gasteiger charge is -2.32. The maximum Gasteiger partial charge on any atom is 0.271 e. The Kier molecular flexibility index (Phi) is 10.1. The predicted octanol–water partition coefficient (Wildman–Crippen LogP) is 4.00. The first-order chi connectivity index (χ1) is 16.7. The van der Waals surface area contributed by atoms with Crippen molar-refractivity contribution in [2.75, 3.05) is 17.1 Å². The maximum atomic E-state index is 13.5. The van der Waals surface area contributed by atoms with Gasteiger partial charge in [-0.1, -0.05) is 42.3 Å². The van der Waals surface area contributed by atoms with Crippen LogP contribution in [-0.4, -0.2) is 54.9 Å². The van der Waals surface area contributed by atoms with Crippen molar-refractivity contribution in [2.45, 2.75) is 45.8 Å². The summed E-state index contributed by atoms with van der Waals surface area (Å²) < 4.78 is 25.9. The number of benzene rings is 2. The van der Waals surface area contributed by atoms with Crippen LogP contribution in [0, 0.1) is 10.1 Å². The first-order valence-electron chi connectivity index (χ1n) is 11.0. The van der Waals surface area contributed by atoms with Crippen LogP contribution in [-0.2, 0) is 26.2 Å². The number of halogens is 2. The van der Waals surface area contributed by atoms with Crippen molar-refractivity contribution in [1.29, 1.82) is 0 Å². The van der Waals surface area contributed by atoms with Crippen LogP contribution in [0.1, 0.15) is 32.8 Å². The highest BCUT2D eigenvalue weighted by Gasteiger charge is 2.31. The quantitative estimate of drug-likeness (QED) is 0.327. The lowest BCUT2D eigenvalue weighted by molar-refractivity contribution is -0.384. The van der Waals surface area contributed by atoms with Gasteiger partial charge < -0.3 is 10.2 Å². The minimum Gasteiger partial charge on any atom is -0.352 e. The summed E-state index contributed by atoms with van der Waals surface area (Å²) in [7, 11) is -4.03. The highest BCUT2D eigenvalue weighted by Crippen LogP contribution is 2.26. The van der Waals surface area contributed by atoms with Crippen LogP contribution in [0.5, 0.6) is 0 Å². The second-order valence-electron chi connectivity index (χ2n) is 8.30. The summed E-state index contributed by atoms with van der Waals surface area (Å²) in [6.07, 6.45) is 1.56. The highest BCUT2D eigenvalue weighted by atomic mass is 35.5. The Morgan fingerprint density at radius 3 is 2.36 bits per heavy atom. The molecule has 0 saturated heterocycles. The first-order valence-corrected chi connectivity index (χ1v) is 13.6. The summed E-state index contributed by atoms with van der Waals surface area (Å²) in [6, 6.07) is 8.51.